The highest BCUT2D eigenvalue weighted by Crippen LogP contribution is 2.39. The van der Waals surface area contributed by atoms with Gasteiger partial charge >= 0.3 is 12.4 Å². The van der Waals surface area contributed by atoms with E-state index < -0.39 is 13.0 Å². The number of hydrogen-bond acceptors (Lipinski definition) is 5. The molecule has 4 rings (SSSR count). The number of halogens is 4. The molecule has 2 amide bonds. The Morgan fingerprint density at radius 3 is 2.63 bits per heavy atom. The number of fused-ring (bicyclic) bond motifs is 1. The van der Waals surface area contributed by atoms with E-state index in [9.17, 15) is 18.0 Å². The van der Waals surface area contributed by atoms with Gasteiger partial charge in [-0.25, -0.2) is 9.78 Å². The third-order valence-corrected chi connectivity index (χ3v) is 6.72. The highest BCUT2D eigenvalue weighted by molar-refractivity contribution is 6.33. The van der Waals surface area contributed by atoms with Crippen molar-refractivity contribution >= 4 is 23.4 Å². The maximum Gasteiger partial charge on any atom is 0.522 e. The third-order valence-electron chi connectivity index (χ3n) is 6.42. The molecule has 2 aromatic rings. The van der Waals surface area contributed by atoms with E-state index in [2.05, 4.69) is 44.6 Å². The first-order valence-corrected chi connectivity index (χ1v) is 12.1. The molecule has 192 valence electrons. The summed E-state index contributed by atoms with van der Waals surface area (Å²) in [7, 11) is 0. The predicted octanol–water partition coefficient (Wildman–Crippen LogP) is 4.74. The highest BCUT2D eigenvalue weighted by atomic mass is 35.5. The quantitative estimate of drug-likeness (QED) is 0.464. The van der Waals surface area contributed by atoms with E-state index in [0.29, 0.717) is 10.8 Å². The molecule has 1 aliphatic carbocycles. The number of ether oxygens (including phenoxy) is 1. The summed E-state index contributed by atoms with van der Waals surface area (Å²) in [5, 5.41) is 13.8. The van der Waals surface area contributed by atoms with Gasteiger partial charge in [-0.2, -0.15) is 5.10 Å². The molecule has 3 heterocycles. The van der Waals surface area contributed by atoms with Crippen LogP contribution >= 0.6 is 11.6 Å². The standard InChI is InChI=1S/C23H30ClF3N6O2/c1-22(2)10-19-17(11-30-33(19)13-22)16-9-20(29-12-18(16)24)32-21(34)31-15-5-3-14(4-6-15)28-7-8-35-23(25,26)27/h9,11-12,14-15,28H,3-8,10,13H2,1-2H3,(H2,29,31,32,34). The number of hydrogen-bond donors (Lipinski definition) is 3. The molecule has 3 N–H and O–H groups in total. The van der Waals surface area contributed by atoms with E-state index in [4.69, 9.17) is 11.6 Å². The van der Waals surface area contributed by atoms with Crippen LogP contribution in [0.4, 0.5) is 23.8 Å². The van der Waals surface area contributed by atoms with Gasteiger partial charge in [-0.05, 0) is 43.6 Å². The normalized spacial score (nSPS) is 21.5. The first kappa shape index (κ1) is 25.7. The third kappa shape index (κ3) is 6.86. The Hall–Kier alpha value is -2.37. The van der Waals surface area contributed by atoms with E-state index >= 15 is 0 Å². The van der Waals surface area contributed by atoms with Gasteiger partial charge in [0.15, 0.2) is 0 Å². The SMILES string of the molecule is CC1(C)Cc2c(-c3cc(NC(=O)NC4CCC(NCCOC(F)(F)F)CC4)ncc3Cl)cnn2C1. The number of alkyl halides is 3. The highest BCUT2D eigenvalue weighted by Gasteiger charge is 2.32. The monoisotopic (exact) mass is 514 g/mol. The first-order chi connectivity index (χ1) is 16.5. The van der Waals surface area contributed by atoms with Crippen LogP contribution in [0.2, 0.25) is 5.02 Å². The van der Waals surface area contributed by atoms with Gasteiger partial charge in [0.25, 0.3) is 0 Å². The second kappa shape index (κ2) is 10.3. The smallest absolute Gasteiger partial charge is 0.335 e. The second-order valence-electron chi connectivity index (χ2n) is 9.95. The molecule has 0 aromatic carbocycles. The molecule has 8 nitrogen and oxygen atoms in total. The molecule has 0 bridgehead atoms. The Kier molecular flexibility index (Phi) is 7.58. The molecule has 12 heteroatoms. The molecule has 1 aliphatic heterocycles. The number of aromatic nitrogens is 3. The molecule has 0 radical (unpaired) electrons. The number of nitrogens with zero attached hydrogens (tertiary/aromatic N) is 3. The topological polar surface area (TPSA) is 93.1 Å². The molecule has 0 spiro atoms. The van der Waals surface area contributed by atoms with Crippen LogP contribution in [0, 0.1) is 5.41 Å². The largest absolute Gasteiger partial charge is 0.522 e. The van der Waals surface area contributed by atoms with Crippen molar-refractivity contribution in [2.24, 2.45) is 5.41 Å². The molecular formula is C23H30ClF3N6O2. The van der Waals surface area contributed by atoms with Crippen LogP contribution in [0.15, 0.2) is 18.5 Å². The predicted molar refractivity (Wildman–Crippen MR) is 126 cm³/mol. The number of rotatable bonds is 7. The molecule has 0 unspecified atom stereocenters. The van der Waals surface area contributed by atoms with Gasteiger partial charge in [-0.15, -0.1) is 13.2 Å². The van der Waals surface area contributed by atoms with E-state index in [1.54, 1.807) is 12.3 Å². The fraction of sp³-hybridized carbons (Fsp3) is 0.609. The van der Waals surface area contributed by atoms with Crippen LogP contribution in [-0.4, -0.2) is 52.4 Å². The summed E-state index contributed by atoms with van der Waals surface area (Å²) < 4.78 is 41.9. The first-order valence-electron chi connectivity index (χ1n) is 11.7. The minimum Gasteiger partial charge on any atom is -0.335 e. The van der Waals surface area contributed by atoms with Crippen LogP contribution in [0.1, 0.15) is 45.2 Å². The van der Waals surface area contributed by atoms with E-state index in [1.807, 2.05) is 4.68 Å². The maximum absolute atomic E-state index is 12.6. The molecular weight excluding hydrogens is 485 g/mol. The van der Waals surface area contributed by atoms with Crippen molar-refractivity contribution in [1.29, 1.82) is 0 Å². The molecule has 2 aromatic heterocycles. The Bertz CT molecular complexity index is 1050. The van der Waals surface area contributed by atoms with Gasteiger partial charge in [-0.1, -0.05) is 25.4 Å². The molecule has 0 atom stereocenters. The van der Waals surface area contributed by atoms with Crippen molar-refractivity contribution in [3.8, 4) is 11.1 Å². The van der Waals surface area contributed by atoms with Gasteiger partial charge in [0.1, 0.15) is 5.82 Å². The van der Waals surface area contributed by atoms with Crippen LogP contribution < -0.4 is 16.0 Å². The second-order valence-corrected chi connectivity index (χ2v) is 10.4. The number of carbonyl (C=O) groups is 1. The number of anilines is 1. The molecule has 1 fully saturated rings. The van der Waals surface area contributed by atoms with Gasteiger partial charge in [0, 0.05) is 48.2 Å². The molecule has 2 aliphatic rings. The van der Waals surface area contributed by atoms with E-state index in [0.717, 1.165) is 55.5 Å². The van der Waals surface area contributed by atoms with Crippen molar-refractivity contribution < 1.29 is 22.7 Å². The minimum atomic E-state index is -4.60. The van der Waals surface area contributed by atoms with E-state index in [1.165, 1.54) is 6.20 Å². The summed E-state index contributed by atoms with van der Waals surface area (Å²) >= 11 is 6.44. The zero-order chi connectivity index (χ0) is 25.2. The van der Waals surface area contributed by atoms with Crippen molar-refractivity contribution in [3.63, 3.8) is 0 Å². The Morgan fingerprint density at radius 2 is 1.91 bits per heavy atom. The van der Waals surface area contributed by atoms with Crippen LogP contribution in [0.5, 0.6) is 0 Å². The summed E-state index contributed by atoms with van der Waals surface area (Å²) in [4.78, 5) is 16.8. The van der Waals surface area contributed by atoms with Gasteiger partial charge in [0.2, 0.25) is 0 Å². The summed E-state index contributed by atoms with van der Waals surface area (Å²) in [6, 6.07) is 1.49. The summed E-state index contributed by atoms with van der Waals surface area (Å²) in [5.41, 5.74) is 2.97. The lowest BCUT2D eigenvalue weighted by Crippen LogP contribution is -2.44. The lowest BCUT2D eigenvalue weighted by molar-refractivity contribution is -0.323. The lowest BCUT2D eigenvalue weighted by atomic mass is 9.89. The van der Waals surface area contributed by atoms with Crippen molar-refractivity contribution in [3.05, 3.63) is 29.2 Å². The molecule has 1 saturated carbocycles. The van der Waals surface area contributed by atoms with E-state index in [-0.39, 0.29) is 30.1 Å². The lowest BCUT2D eigenvalue weighted by Gasteiger charge is -2.29. The fourth-order valence-electron chi connectivity index (χ4n) is 4.80. The molecule has 35 heavy (non-hydrogen) atoms. The number of carbonyl (C=O) groups excluding carboxylic acids is 1. The van der Waals surface area contributed by atoms with Crippen molar-refractivity contribution in [2.45, 2.75) is 70.9 Å². The number of urea groups is 1. The zero-order valence-electron chi connectivity index (χ0n) is 19.7. The minimum absolute atomic E-state index is 0.0209. The van der Waals surface area contributed by atoms with Crippen LogP contribution in [-0.2, 0) is 17.7 Å². The average Bonchev–Trinajstić information content (AvgIpc) is 3.28. The van der Waals surface area contributed by atoms with Gasteiger partial charge < -0.3 is 10.6 Å². The van der Waals surface area contributed by atoms with Gasteiger partial charge in [-0.3, -0.25) is 14.7 Å². The summed E-state index contributed by atoms with van der Waals surface area (Å²) in [5.74, 6) is 0.388. The fourth-order valence-corrected chi connectivity index (χ4v) is 5.00. The average molecular weight is 515 g/mol. The zero-order valence-corrected chi connectivity index (χ0v) is 20.5. The summed E-state index contributed by atoms with van der Waals surface area (Å²) in [6.45, 7) is 4.95. The van der Waals surface area contributed by atoms with Gasteiger partial charge in [0.05, 0.1) is 17.8 Å². The van der Waals surface area contributed by atoms with Crippen molar-refractivity contribution in [1.82, 2.24) is 25.4 Å². The number of pyridine rings is 1. The van der Waals surface area contributed by atoms with Crippen LogP contribution in [0.3, 0.4) is 0 Å². The summed E-state index contributed by atoms with van der Waals surface area (Å²) in [6.07, 6.45) is 2.56. The number of amides is 2. The Morgan fingerprint density at radius 1 is 1.20 bits per heavy atom. The Balaban J connectivity index is 1.27. The number of nitrogens with one attached hydrogen (secondary N) is 3. The van der Waals surface area contributed by atoms with Crippen molar-refractivity contribution in [2.75, 3.05) is 18.5 Å². The maximum atomic E-state index is 12.6. The Labute approximate surface area is 207 Å². The van der Waals surface area contributed by atoms with Crippen LogP contribution in [0.25, 0.3) is 11.1 Å². The molecule has 0 saturated heterocycles.